The zero-order valence-electron chi connectivity index (χ0n) is 12.3. The van der Waals surface area contributed by atoms with Gasteiger partial charge in [-0.3, -0.25) is 9.59 Å². The van der Waals surface area contributed by atoms with E-state index in [4.69, 9.17) is 21.2 Å². The van der Waals surface area contributed by atoms with E-state index in [1.54, 1.807) is 20.8 Å². The minimum Gasteiger partial charge on any atom is -0.464 e. The lowest BCUT2D eigenvalue weighted by Gasteiger charge is -2.18. The van der Waals surface area contributed by atoms with Crippen LogP contribution in [0.15, 0.2) is 0 Å². The zero-order valence-corrected chi connectivity index (χ0v) is 12.3. The Morgan fingerprint density at radius 1 is 1.40 bits per heavy atom. The molecule has 0 saturated carbocycles. The molecule has 0 aromatic heterocycles. The molecule has 0 aliphatic carbocycles. The lowest BCUT2D eigenvalue weighted by atomic mass is 10.0. The number of esters is 2. The van der Waals surface area contributed by atoms with Gasteiger partial charge < -0.3 is 9.47 Å². The smallest absolute Gasteiger partial charge is 0.308 e. The number of rotatable bonds is 8. The topological polar surface area (TPSA) is 76.4 Å². The number of carbonyl (C=O) groups is 2. The van der Waals surface area contributed by atoms with Gasteiger partial charge >= 0.3 is 11.9 Å². The molecule has 5 heteroatoms. The molecule has 1 unspecified atom stereocenters. The third kappa shape index (κ3) is 8.16. The summed E-state index contributed by atoms with van der Waals surface area (Å²) in [6, 6.07) is 1.89. The predicted molar refractivity (Wildman–Crippen MR) is 73.2 cm³/mol. The summed E-state index contributed by atoms with van der Waals surface area (Å²) < 4.78 is 9.98. The second kappa shape index (κ2) is 8.98. The quantitative estimate of drug-likeness (QED) is 0.387. The standard InChI is InChI=1S/C15H21NO4/c1-5-15(3,4)20-13(17)9-6-8-12(2)14(18)19-11-7-10-16/h1,12H,6-9,11H2,2-4H3. The van der Waals surface area contributed by atoms with E-state index in [1.807, 2.05) is 6.07 Å². The molecular formula is C15H21NO4. The molecule has 0 radical (unpaired) electrons. The average Bonchev–Trinajstić information content (AvgIpc) is 2.38. The second-order valence-electron chi connectivity index (χ2n) is 5.00. The van der Waals surface area contributed by atoms with Crippen LogP contribution in [0.5, 0.6) is 0 Å². The maximum absolute atomic E-state index is 11.5. The first-order valence-corrected chi connectivity index (χ1v) is 6.55. The van der Waals surface area contributed by atoms with Crippen molar-refractivity contribution in [2.75, 3.05) is 6.61 Å². The van der Waals surface area contributed by atoms with Crippen molar-refractivity contribution in [3.05, 3.63) is 0 Å². The Morgan fingerprint density at radius 3 is 2.60 bits per heavy atom. The average molecular weight is 279 g/mol. The van der Waals surface area contributed by atoms with Crippen molar-refractivity contribution in [2.24, 2.45) is 5.92 Å². The Kier molecular flexibility index (Phi) is 8.08. The maximum atomic E-state index is 11.5. The zero-order chi connectivity index (χ0) is 15.6. The highest BCUT2D eigenvalue weighted by atomic mass is 16.6. The summed E-state index contributed by atoms with van der Waals surface area (Å²) in [5.41, 5.74) is -0.904. The number of carbonyl (C=O) groups excluding carboxylic acids is 2. The molecule has 0 heterocycles. The highest BCUT2D eigenvalue weighted by Gasteiger charge is 2.20. The minimum absolute atomic E-state index is 0.109. The molecule has 1 atom stereocenters. The van der Waals surface area contributed by atoms with Gasteiger partial charge in [0.25, 0.3) is 0 Å². The van der Waals surface area contributed by atoms with E-state index in [0.717, 1.165) is 0 Å². The molecule has 110 valence electrons. The molecule has 0 spiro atoms. The Labute approximate surface area is 120 Å². The van der Waals surface area contributed by atoms with Gasteiger partial charge in [-0.25, -0.2) is 0 Å². The fourth-order valence-corrected chi connectivity index (χ4v) is 1.38. The summed E-state index contributed by atoms with van der Waals surface area (Å²) in [7, 11) is 0. The van der Waals surface area contributed by atoms with E-state index in [2.05, 4.69) is 5.92 Å². The monoisotopic (exact) mass is 279 g/mol. The SMILES string of the molecule is C#CC(C)(C)OC(=O)CCCC(C)C(=O)OCCC#N. The summed E-state index contributed by atoms with van der Waals surface area (Å²) in [5, 5.41) is 8.33. The molecule has 0 aliphatic heterocycles. The first-order valence-electron chi connectivity index (χ1n) is 6.55. The van der Waals surface area contributed by atoms with Crippen LogP contribution in [0.4, 0.5) is 0 Å². The fraction of sp³-hybridized carbons (Fsp3) is 0.667. The molecule has 0 fully saturated rings. The van der Waals surface area contributed by atoms with E-state index >= 15 is 0 Å². The van der Waals surface area contributed by atoms with Crippen molar-refractivity contribution in [1.29, 1.82) is 5.26 Å². The number of hydrogen-bond acceptors (Lipinski definition) is 5. The predicted octanol–water partition coefficient (Wildman–Crippen LogP) is 2.20. The lowest BCUT2D eigenvalue weighted by molar-refractivity contribution is -0.153. The first-order chi connectivity index (χ1) is 9.32. The van der Waals surface area contributed by atoms with Crippen molar-refractivity contribution >= 4 is 11.9 Å². The summed E-state index contributed by atoms with van der Waals surface area (Å²) in [6.07, 6.45) is 6.66. The van der Waals surface area contributed by atoms with Gasteiger partial charge in [-0.2, -0.15) is 5.26 Å². The molecule has 0 amide bonds. The molecule has 0 N–H and O–H groups in total. The first kappa shape index (κ1) is 18.0. The van der Waals surface area contributed by atoms with Crippen LogP contribution >= 0.6 is 0 Å². The van der Waals surface area contributed by atoms with Crippen LogP contribution in [-0.4, -0.2) is 24.1 Å². The van der Waals surface area contributed by atoms with Crippen LogP contribution in [0.1, 0.15) is 46.5 Å². The van der Waals surface area contributed by atoms with Crippen LogP contribution in [0.25, 0.3) is 0 Å². The van der Waals surface area contributed by atoms with Gasteiger partial charge in [0.15, 0.2) is 5.60 Å². The van der Waals surface area contributed by atoms with Crippen LogP contribution in [-0.2, 0) is 19.1 Å². The Hall–Kier alpha value is -2.01. The van der Waals surface area contributed by atoms with Crippen LogP contribution in [0, 0.1) is 29.6 Å². The van der Waals surface area contributed by atoms with Crippen molar-refractivity contribution in [3.8, 4) is 18.4 Å². The van der Waals surface area contributed by atoms with Gasteiger partial charge in [0, 0.05) is 6.42 Å². The number of hydrogen-bond donors (Lipinski definition) is 0. The van der Waals surface area contributed by atoms with Gasteiger partial charge in [0.2, 0.25) is 0 Å². The number of terminal acetylenes is 1. The fourth-order valence-electron chi connectivity index (χ4n) is 1.38. The van der Waals surface area contributed by atoms with E-state index < -0.39 is 5.60 Å². The van der Waals surface area contributed by atoms with Crippen molar-refractivity contribution in [2.45, 2.75) is 52.1 Å². The highest BCUT2D eigenvalue weighted by molar-refractivity contribution is 5.72. The third-order valence-electron chi connectivity index (χ3n) is 2.60. The van der Waals surface area contributed by atoms with Gasteiger partial charge in [-0.1, -0.05) is 12.8 Å². The highest BCUT2D eigenvalue weighted by Crippen LogP contribution is 2.13. The Bertz CT molecular complexity index is 415. The van der Waals surface area contributed by atoms with Gasteiger partial charge in [0.1, 0.15) is 6.61 Å². The molecule has 0 saturated heterocycles. The largest absolute Gasteiger partial charge is 0.464 e. The summed E-state index contributed by atoms with van der Waals surface area (Å²) >= 11 is 0. The van der Waals surface area contributed by atoms with Crippen LogP contribution in [0.2, 0.25) is 0 Å². The van der Waals surface area contributed by atoms with Crippen LogP contribution < -0.4 is 0 Å². The van der Waals surface area contributed by atoms with Crippen molar-refractivity contribution in [1.82, 2.24) is 0 Å². The normalized spacial score (nSPS) is 11.8. The summed E-state index contributed by atoms with van der Waals surface area (Å²) in [6.45, 7) is 5.11. The van der Waals surface area contributed by atoms with Gasteiger partial charge in [-0.05, 0) is 26.7 Å². The number of nitrogens with zero attached hydrogens (tertiary/aromatic N) is 1. The molecule has 5 nitrogen and oxygen atoms in total. The molecule has 0 bridgehead atoms. The maximum Gasteiger partial charge on any atom is 0.308 e. The van der Waals surface area contributed by atoms with Gasteiger partial charge in [-0.15, -0.1) is 6.42 Å². The summed E-state index contributed by atoms with van der Waals surface area (Å²) in [5.74, 6) is 1.34. The molecule has 0 rings (SSSR count). The van der Waals surface area contributed by atoms with E-state index in [-0.39, 0.29) is 37.3 Å². The number of nitriles is 1. The molecular weight excluding hydrogens is 258 g/mol. The molecule has 20 heavy (non-hydrogen) atoms. The summed E-state index contributed by atoms with van der Waals surface area (Å²) in [4.78, 5) is 23.0. The second-order valence-corrected chi connectivity index (χ2v) is 5.00. The van der Waals surface area contributed by atoms with E-state index in [9.17, 15) is 9.59 Å². The van der Waals surface area contributed by atoms with Crippen molar-refractivity contribution in [3.63, 3.8) is 0 Å². The molecule has 0 aromatic rings. The van der Waals surface area contributed by atoms with Crippen molar-refractivity contribution < 1.29 is 19.1 Å². The molecule has 0 aromatic carbocycles. The third-order valence-corrected chi connectivity index (χ3v) is 2.60. The van der Waals surface area contributed by atoms with Crippen LogP contribution in [0.3, 0.4) is 0 Å². The van der Waals surface area contributed by atoms with Gasteiger partial charge in [0.05, 0.1) is 18.4 Å². The Balaban J connectivity index is 3.89. The number of ether oxygens (including phenoxy) is 2. The lowest BCUT2D eigenvalue weighted by Crippen LogP contribution is -2.26. The van der Waals surface area contributed by atoms with E-state index in [0.29, 0.717) is 12.8 Å². The minimum atomic E-state index is -0.904. The van der Waals surface area contributed by atoms with E-state index in [1.165, 1.54) is 0 Å². The Morgan fingerprint density at radius 2 is 2.05 bits per heavy atom. The molecule has 0 aliphatic rings.